The number of hydrogen-bond acceptors (Lipinski definition) is 6. The van der Waals surface area contributed by atoms with E-state index < -0.39 is 24.5 Å². The second-order valence-electron chi connectivity index (χ2n) is 8.22. The number of carbonyl (C=O) groups excluding carboxylic acids is 4. The number of anilines is 1. The summed E-state index contributed by atoms with van der Waals surface area (Å²) in [4.78, 5) is 51.2. The zero-order valence-electron chi connectivity index (χ0n) is 17.1. The number of imide groups is 1. The smallest absolute Gasteiger partial charge is 0.329 e. The molecule has 8 heteroatoms. The van der Waals surface area contributed by atoms with E-state index in [0.717, 1.165) is 24.2 Å². The molecule has 1 saturated heterocycles. The van der Waals surface area contributed by atoms with Crippen LogP contribution in [0.4, 0.5) is 5.69 Å². The zero-order chi connectivity index (χ0) is 21.4. The minimum atomic E-state index is -1.03. The molecule has 3 amide bonds. The van der Waals surface area contributed by atoms with Gasteiger partial charge in [0.25, 0.3) is 5.91 Å². The third-order valence-corrected chi connectivity index (χ3v) is 6.48. The molecule has 2 bridgehead atoms. The van der Waals surface area contributed by atoms with Crippen molar-refractivity contribution >= 4 is 29.4 Å². The van der Waals surface area contributed by atoms with Crippen molar-refractivity contribution in [2.24, 2.45) is 23.7 Å². The molecule has 1 heterocycles. The SMILES string of the molecule is CCOc1ccc(NC(=O)COC(=O)[C@H](C)N2C(=O)[C@@H]3[C@H]4CC[C@@H](C4)[C@H]3C2=O)cc1. The number of benzene rings is 1. The third-order valence-electron chi connectivity index (χ3n) is 6.48. The summed E-state index contributed by atoms with van der Waals surface area (Å²) in [6, 6.07) is 5.78. The van der Waals surface area contributed by atoms with Crippen LogP contribution in [-0.2, 0) is 23.9 Å². The van der Waals surface area contributed by atoms with Gasteiger partial charge in [0, 0.05) is 5.69 Å². The fourth-order valence-electron chi connectivity index (χ4n) is 5.17. The summed E-state index contributed by atoms with van der Waals surface area (Å²) >= 11 is 0. The molecular weight excluding hydrogens is 388 g/mol. The van der Waals surface area contributed by atoms with E-state index in [-0.39, 0.29) is 35.5 Å². The van der Waals surface area contributed by atoms with Gasteiger partial charge in [-0.05, 0) is 69.2 Å². The number of ether oxygens (including phenoxy) is 2. The van der Waals surface area contributed by atoms with E-state index in [2.05, 4.69) is 5.32 Å². The van der Waals surface area contributed by atoms with Crippen LogP contribution in [0.25, 0.3) is 0 Å². The molecule has 3 fully saturated rings. The first-order valence-corrected chi connectivity index (χ1v) is 10.5. The molecule has 1 aromatic carbocycles. The lowest BCUT2D eigenvalue weighted by molar-refractivity contribution is -0.159. The van der Waals surface area contributed by atoms with Gasteiger partial charge in [0.15, 0.2) is 6.61 Å². The van der Waals surface area contributed by atoms with Gasteiger partial charge in [-0.1, -0.05) is 0 Å². The highest BCUT2D eigenvalue weighted by atomic mass is 16.5. The Morgan fingerprint density at radius 3 is 2.27 bits per heavy atom. The normalized spacial score (nSPS) is 27.7. The van der Waals surface area contributed by atoms with Crippen molar-refractivity contribution in [3.05, 3.63) is 24.3 Å². The number of hydrogen-bond donors (Lipinski definition) is 1. The predicted octanol–water partition coefficient (Wildman–Crippen LogP) is 1.99. The lowest BCUT2D eigenvalue weighted by Gasteiger charge is -2.23. The Bertz CT molecular complexity index is 839. The minimum Gasteiger partial charge on any atom is -0.494 e. The van der Waals surface area contributed by atoms with Gasteiger partial charge in [0.1, 0.15) is 11.8 Å². The lowest BCUT2D eigenvalue weighted by atomic mass is 9.81. The van der Waals surface area contributed by atoms with E-state index in [4.69, 9.17) is 9.47 Å². The van der Waals surface area contributed by atoms with Crippen LogP contribution < -0.4 is 10.1 Å². The maximum Gasteiger partial charge on any atom is 0.329 e. The van der Waals surface area contributed by atoms with Gasteiger partial charge < -0.3 is 14.8 Å². The molecule has 1 aromatic rings. The highest BCUT2D eigenvalue weighted by Gasteiger charge is 2.62. The van der Waals surface area contributed by atoms with E-state index in [9.17, 15) is 19.2 Å². The van der Waals surface area contributed by atoms with E-state index >= 15 is 0 Å². The Kier molecular flexibility index (Phi) is 5.49. The van der Waals surface area contributed by atoms with Crippen molar-refractivity contribution in [2.75, 3.05) is 18.5 Å². The van der Waals surface area contributed by atoms with Gasteiger partial charge in [-0.3, -0.25) is 19.3 Å². The minimum absolute atomic E-state index is 0.254. The molecule has 0 unspecified atom stereocenters. The molecule has 30 heavy (non-hydrogen) atoms. The van der Waals surface area contributed by atoms with Crippen molar-refractivity contribution in [3.63, 3.8) is 0 Å². The molecule has 4 rings (SSSR count). The highest BCUT2D eigenvalue weighted by molar-refractivity contribution is 6.08. The first-order chi connectivity index (χ1) is 14.4. The molecule has 0 spiro atoms. The average molecular weight is 414 g/mol. The number of esters is 1. The zero-order valence-corrected chi connectivity index (χ0v) is 17.1. The van der Waals surface area contributed by atoms with Crippen LogP contribution in [0.3, 0.4) is 0 Å². The monoisotopic (exact) mass is 414 g/mol. The van der Waals surface area contributed by atoms with Crippen molar-refractivity contribution in [1.82, 2.24) is 4.90 Å². The van der Waals surface area contributed by atoms with Gasteiger partial charge in [-0.25, -0.2) is 4.79 Å². The van der Waals surface area contributed by atoms with Crippen LogP contribution in [-0.4, -0.2) is 47.8 Å². The fourth-order valence-corrected chi connectivity index (χ4v) is 5.17. The maximum atomic E-state index is 12.8. The summed E-state index contributed by atoms with van der Waals surface area (Å²) in [6.45, 7) is 3.41. The Morgan fingerprint density at radius 1 is 1.10 bits per heavy atom. The molecule has 2 aliphatic carbocycles. The topological polar surface area (TPSA) is 102 Å². The van der Waals surface area contributed by atoms with Gasteiger partial charge in [-0.15, -0.1) is 0 Å². The molecule has 0 aromatic heterocycles. The van der Waals surface area contributed by atoms with Crippen LogP contribution in [0.5, 0.6) is 5.75 Å². The molecule has 160 valence electrons. The number of likely N-dealkylation sites (tertiary alicyclic amines) is 1. The second kappa shape index (κ2) is 8.08. The largest absolute Gasteiger partial charge is 0.494 e. The Hall–Kier alpha value is -2.90. The van der Waals surface area contributed by atoms with Gasteiger partial charge in [-0.2, -0.15) is 0 Å². The van der Waals surface area contributed by atoms with E-state index in [1.807, 2.05) is 6.92 Å². The standard InChI is InChI=1S/C22H26N2O6/c1-3-29-16-8-6-15(7-9-16)23-17(25)11-30-22(28)12(2)24-20(26)18-13-4-5-14(10-13)19(18)21(24)27/h6-9,12-14,18-19H,3-5,10-11H2,1-2H3,(H,23,25)/t12-,13-,14-,18+,19+/m0/s1. The Balaban J connectivity index is 1.30. The molecule has 2 saturated carbocycles. The first-order valence-electron chi connectivity index (χ1n) is 10.5. The summed E-state index contributed by atoms with van der Waals surface area (Å²) in [7, 11) is 0. The van der Waals surface area contributed by atoms with Crippen LogP contribution in [0, 0.1) is 23.7 Å². The van der Waals surface area contributed by atoms with E-state index in [1.165, 1.54) is 6.92 Å². The molecule has 1 N–H and O–H groups in total. The quantitative estimate of drug-likeness (QED) is 0.541. The second-order valence-corrected chi connectivity index (χ2v) is 8.22. The van der Waals surface area contributed by atoms with Gasteiger partial charge in [0.2, 0.25) is 11.8 Å². The highest BCUT2D eigenvalue weighted by Crippen LogP contribution is 2.56. The number of amides is 3. The summed E-state index contributed by atoms with van der Waals surface area (Å²) in [5.74, 6) is -1.16. The summed E-state index contributed by atoms with van der Waals surface area (Å²) < 4.78 is 10.4. The maximum absolute atomic E-state index is 12.8. The number of nitrogens with one attached hydrogen (secondary N) is 1. The van der Waals surface area contributed by atoms with Crippen molar-refractivity contribution < 1.29 is 28.7 Å². The summed E-state index contributed by atoms with van der Waals surface area (Å²) in [5.41, 5.74) is 0.542. The molecule has 8 nitrogen and oxygen atoms in total. The summed E-state index contributed by atoms with van der Waals surface area (Å²) in [6.07, 6.45) is 2.89. The van der Waals surface area contributed by atoms with Gasteiger partial charge in [0.05, 0.1) is 18.4 Å². The number of carbonyl (C=O) groups is 4. The van der Waals surface area contributed by atoms with Crippen molar-refractivity contribution in [3.8, 4) is 5.75 Å². The first kappa shape index (κ1) is 20.4. The molecule has 0 radical (unpaired) electrons. The fraction of sp³-hybridized carbons (Fsp3) is 0.545. The van der Waals surface area contributed by atoms with Crippen LogP contribution in [0.1, 0.15) is 33.1 Å². The van der Waals surface area contributed by atoms with Gasteiger partial charge >= 0.3 is 5.97 Å². The Morgan fingerprint density at radius 2 is 1.70 bits per heavy atom. The van der Waals surface area contributed by atoms with Crippen LogP contribution >= 0.6 is 0 Å². The van der Waals surface area contributed by atoms with E-state index in [1.54, 1.807) is 24.3 Å². The van der Waals surface area contributed by atoms with Crippen molar-refractivity contribution in [1.29, 1.82) is 0 Å². The number of rotatable bonds is 7. The predicted molar refractivity (Wildman–Crippen MR) is 106 cm³/mol. The van der Waals surface area contributed by atoms with Crippen molar-refractivity contribution in [2.45, 2.75) is 39.2 Å². The lowest BCUT2D eigenvalue weighted by Crippen LogP contribution is -2.45. The Labute approximate surface area is 174 Å². The molecule has 3 aliphatic rings. The van der Waals surface area contributed by atoms with Crippen LogP contribution in [0.2, 0.25) is 0 Å². The number of fused-ring (bicyclic) bond motifs is 5. The van der Waals surface area contributed by atoms with Crippen LogP contribution in [0.15, 0.2) is 24.3 Å². The molecular formula is C22H26N2O6. The number of nitrogens with zero attached hydrogens (tertiary/aromatic N) is 1. The summed E-state index contributed by atoms with van der Waals surface area (Å²) in [5, 5.41) is 2.63. The molecule has 1 aliphatic heterocycles. The average Bonchev–Trinajstić information content (AvgIpc) is 3.41. The third kappa shape index (κ3) is 3.55. The molecule has 5 atom stereocenters. The van der Waals surface area contributed by atoms with E-state index in [0.29, 0.717) is 18.0 Å².